The Labute approximate surface area is 210 Å². The van der Waals surface area contributed by atoms with Gasteiger partial charge >= 0.3 is 0 Å². The third kappa shape index (κ3) is 5.66. The lowest BCUT2D eigenvalue weighted by atomic mass is 9.69. The molecule has 1 aliphatic heterocycles. The molecule has 1 heterocycles. The van der Waals surface area contributed by atoms with E-state index >= 15 is 0 Å². The molecule has 1 atom stereocenters. The molecule has 4 rings (SSSR count). The lowest BCUT2D eigenvalue weighted by Crippen LogP contribution is -2.47. The molecule has 1 saturated heterocycles. The van der Waals surface area contributed by atoms with Gasteiger partial charge in [0, 0.05) is 18.6 Å². The second-order valence-corrected chi connectivity index (χ2v) is 10.5. The Morgan fingerprint density at radius 3 is 2.14 bits per heavy atom. The fourth-order valence-electron chi connectivity index (χ4n) is 5.39. The molecule has 0 unspecified atom stereocenters. The lowest BCUT2D eigenvalue weighted by Gasteiger charge is -2.40. The minimum absolute atomic E-state index is 0.0916. The zero-order chi connectivity index (χ0) is 24.9. The number of carbonyl (C=O) groups is 1. The topological polar surface area (TPSA) is 55.6 Å². The average Bonchev–Trinajstić information content (AvgIpc) is 3.35. The van der Waals surface area contributed by atoms with E-state index in [0.29, 0.717) is 13.0 Å². The van der Waals surface area contributed by atoms with E-state index in [4.69, 9.17) is 10.5 Å². The van der Waals surface area contributed by atoms with E-state index in [1.54, 1.807) is 0 Å². The van der Waals surface area contributed by atoms with Crippen LogP contribution >= 0.6 is 0 Å². The van der Waals surface area contributed by atoms with Crippen molar-refractivity contribution in [2.75, 3.05) is 13.1 Å². The van der Waals surface area contributed by atoms with E-state index in [9.17, 15) is 4.79 Å². The summed E-state index contributed by atoms with van der Waals surface area (Å²) in [5.74, 6) is -0.300. The van der Waals surface area contributed by atoms with Gasteiger partial charge in [-0.2, -0.15) is 0 Å². The van der Waals surface area contributed by atoms with Crippen LogP contribution in [-0.4, -0.2) is 35.5 Å². The van der Waals surface area contributed by atoms with E-state index in [1.807, 2.05) is 60.7 Å². The van der Waals surface area contributed by atoms with Crippen LogP contribution in [0, 0.1) is 6.92 Å². The Kier molecular flexibility index (Phi) is 7.73. The van der Waals surface area contributed by atoms with Gasteiger partial charge in [0.15, 0.2) is 0 Å². The number of benzene rings is 3. The molecule has 0 saturated carbocycles. The lowest BCUT2D eigenvalue weighted by molar-refractivity contribution is -0.122. The zero-order valence-electron chi connectivity index (χ0n) is 21.2. The van der Waals surface area contributed by atoms with E-state index in [2.05, 4.69) is 49.9 Å². The smallest absolute Gasteiger partial charge is 0.232 e. The van der Waals surface area contributed by atoms with Crippen LogP contribution in [0.15, 0.2) is 84.9 Å². The first-order chi connectivity index (χ1) is 16.8. The SMILES string of the molecule is Cc1cccc(CO[C@@H]2CCN(C(C)(C)CCC(C(N)=O)(c3ccccc3)c3ccccc3)C2)c1. The van der Waals surface area contributed by atoms with E-state index in [1.165, 1.54) is 11.1 Å². The number of nitrogens with zero attached hydrogens (tertiary/aromatic N) is 1. The summed E-state index contributed by atoms with van der Waals surface area (Å²) in [5, 5.41) is 0. The Hall–Kier alpha value is -2.95. The van der Waals surface area contributed by atoms with Gasteiger partial charge in [0.1, 0.15) is 0 Å². The standard InChI is InChI=1S/C31H38N2O2/c1-24-11-10-12-25(21-24)23-35-28-17-20-33(22-28)30(2,3)18-19-31(29(32)34,26-13-6-4-7-14-26)27-15-8-5-9-16-27/h4-16,21,28H,17-20,22-23H2,1-3H3,(H2,32,34)/t28-/m1/s1. The van der Waals surface area contributed by atoms with Crippen LogP contribution in [-0.2, 0) is 21.6 Å². The van der Waals surface area contributed by atoms with Crippen molar-refractivity contribution in [3.63, 3.8) is 0 Å². The molecule has 0 bridgehead atoms. The van der Waals surface area contributed by atoms with Gasteiger partial charge in [-0.05, 0) is 56.7 Å². The monoisotopic (exact) mass is 470 g/mol. The summed E-state index contributed by atoms with van der Waals surface area (Å²) in [6.07, 6.45) is 2.73. The van der Waals surface area contributed by atoms with Crippen molar-refractivity contribution in [2.45, 2.75) is 63.7 Å². The molecule has 2 N–H and O–H groups in total. The molecule has 184 valence electrons. The number of amides is 1. The average molecular weight is 471 g/mol. The number of ether oxygens (including phenoxy) is 1. The minimum atomic E-state index is -0.861. The summed E-state index contributed by atoms with van der Waals surface area (Å²) in [4.78, 5) is 15.7. The highest BCUT2D eigenvalue weighted by Gasteiger charge is 2.43. The van der Waals surface area contributed by atoms with Gasteiger partial charge < -0.3 is 10.5 Å². The van der Waals surface area contributed by atoms with Crippen LogP contribution in [0.3, 0.4) is 0 Å². The van der Waals surface area contributed by atoms with E-state index in [-0.39, 0.29) is 17.6 Å². The van der Waals surface area contributed by atoms with Crippen molar-refractivity contribution in [2.24, 2.45) is 5.73 Å². The quantitative estimate of drug-likeness (QED) is 0.419. The maximum absolute atomic E-state index is 13.1. The van der Waals surface area contributed by atoms with Crippen LogP contribution in [0.1, 0.15) is 55.4 Å². The number of carbonyl (C=O) groups excluding carboxylic acids is 1. The molecule has 3 aromatic rings. The highest BCUT2D eigenvalue weighted by atomic mass is 16.5. The Balaban J connectivity index is 1.47. The summed E-state index contributed by atoms with van der Waals surface area (Å²) < 4.78 is 6.28. The van der Waals surface area contributed by atoms with Crippen molar-refractivity contribution in [1.82, 2.24) is 4.90 Å². The van der Waals surface area contributed by atoms with Crippen molar-refractivity contribution < 1.29 is 9.53 Å². The van der Waals surface area contributed by atoms with Gasteiger partial charge in [-0.15, -0.1) is 0 Å². The third-order valence-electron chi connectivity index (χ3n) is 7.63. The molecular weight excluding hydrogens is 432 g/mol. The van der Waals surface area contributed by atoms with Crippen LogP contribution in [0.25, 0.3) is 0 Å². The Morgan fingerprint density at radius 1 is 0.943 bits per heavy atom. The minimum Gasteiger partial charge on any atom is -0.372 e. The fourth-order valence-corrected chi connectivity index (χ4v) is 5.39. The van der Waals surface area contributed by atoms with Crippen LogP contribution in [0.4, 0.5) is 0 Å². The fraction of sp³-hybridized carbons (Fsp3) is 0.387. The zero-order valence-corrected chi connectivity index (χ0v) is 21.2. The second kappa shape index (κ2) is 10.8. The van der Waals surface area contributed by atoms with Gasteiger partial charge in [0.05, 0.1) is 18.1 Å². The summed E-state index contributed by atoms with van der Waals surface area (Å²) >= 11 is 0. The van der Waals surface area contributed by atoms with Gasteiger partial charge in [-0.25, -0.2) is 0 Å². The first kappa shape index (κ1) is 25.2. The summed E-state index contributed by atoms with van der Waals surface area (Å²) in [5.41, 5.74) is 9.61. The van der Waals surface area contributed by atoms with Gasteiger partial charge in [0.25, 0.3) is 0 Å². The maximum atomic E-state index is 13.1. The van der Waals surface area contributed by atoms with Crippen LogP contribution < -0.4 is 5.73 Å². The summed E-state index contributed by atoms with van der Waals surface area (Å²) in [6.45, 7) is 9.20. The van der Waals surface area contributed by atoms with Gasteiger partial charge in [0.2, 0.25) is 5.91 Å². The third-order valence-corrected chi connectivity index (χ3v) is 7.63. The first-order valence-corrected chi connectivity index (χ1v) is 12.6. The largest absolute Gasteiger partial charge is 0.372 e. The van der Waals surface area contributed by atoms with Gasteiger partial charge in [-0.1, -0.05) is 90.5 Å². The number of hydrogen-bond acceptors (Lipinski definition) is 3. The molecule has 3 aromatic carbocycles. The highest BCUT2D eigenvalue weighted by molar-refractivity contribution is 5.90. The number of aryl methyl sites for hydroxylation is 1. The highest BCUT2D eigenvalue weighted by Crippen LogP contribution is 2.40. The number of nitrogens with two attached hydrogens (primary N) is 1. The molecule has 35 heavy (non-hydrogen) atoms. The summed E-state index contributed by atoms with van der Waals surface area (Å²) in [7, 11) is 0. The van der Waals surface area contributed by atoms with E-state index in [0.717, 1.165) is 37.1 Å². The molecule has 0 spiro atoms. The Morgan fingerprint density at radius 2 is 1.57 bits per heavy atom. The van der Waals surface area contributed by atoms with Crippen molar-refractivity contribution in [3.8, 4) is 0 Å². The molecule has 4 nitrogen and oxygen atoms in total. The molecule has 0 aliphatic carbocycles. The molecule has 4 heteroatoms. The van der Waals surface area contributed by atoms with Crippen LogP contribution in [0.2, 0.25) is 0 Å². The number of hydrogen-bond donors (Lipinski definition) is 1. The predicted octanol–water partition coefficient (Wildman–Crippen LogP) is 5.62. The van der Waals surface area contributed by atoms with Crippen molar-refractivity contribution >= 4 is 5.91 Å². The molecule has 1 aliphatic rings. The Bertz CT molecular complexity index is 1070. The van der Waals surface area contributed by atoms with Gasteiger partial charge in [-0.3, -0.25) is 9.69 Å². The van der Waals surface area contributed by atoms with Crippen molar-refractivity contribution in [3.05, 3.63) is 107 Å². The molecule has 0 radical (unpaired) electrons. The maximum Gasteiger partial charge on any atom is 0.232 e. The normalized spacial score (nSPS) is 16.9. The van der Waals surface area contributed by atoms with Crippen LogP contribution in [0.5, 0.6) is 0 Å². The molecule has 1 amide bonds. The molecule has 0 aromatic heterocycles. The number of primary amides is 1. The second-order valence-electron chi connectivity index (χ2n) is 10.5. The first-order valence-electron chi connectivity index (χ1n) is 12.6. The molecule has 1 fully saturated rings. The number of rotatable bonds is 10. The summed E-state index contributed by atoms with van der Waals surface area (Å²) in [6, 6.07) is 28.5. The van der Waals surface area contributed by atoms with E-state index < -0.39 is 5.41 Å². The predicted molar refractivity (Wildman–Crippen MR) is 142 cm³/mol. The van der Waals surface area contributed by atoms with Crippen molar-refractivity contribution in [1.29, 1.82) is 0 Å². The number of likely N-dealkylation sites (tertiary alicyclic amines) is 1. The molecular formula is C31H38N2O2.